The Kier molecular flexibility index (Phi) is 5.25. The third-order valence-corrected chi connectivity index (χ3v) is 4.46. The Balaban J connectivity index is 2.09. The van der Waals surface area contributed by atoms with Crippen molar-refractivity contribution in [2.24, 2.45) is 0 Å². The molecule has 0 aliphatic rings. The molecule has 0 bridgehead atoms. The van der Waals surface area contributed by atoms with Gasteiger partial charge in [-0.15, -0.1) is 0 Å². The largest absolute Gasteiger partial charge is 0.467 e. The lowest BCUT2D eigenvalue weighted by Crippen LogP contribution is -2.40. The Bertz CT molecular complexity index is 744. The van der Waals surface area contributed by atoms with Crippen LogP contribution >= 0.6 is 15.9 Å². The predicted octanol–water partition coefficient (Wildman–Crippen LogP) is 2.12. The number of nitrogens with one attached hydrogen (secondary N) is 1. The summed E-state index contributed by atoms with van der Waals surface area (Å²) in [7, 11) is -3.57. The second kappa shape index (κ2) is 6.97. The molecule has 0 spiro atoms. The third-order valence-electron chi connectivity index (χ3n) is 2.82. The smallest absolute Gasteiger partial charge is 0.241 e. The monoisotopic (exact) mass is 386 g/mol. The number of amides is 1. The minimum absolute atomic E-state index is 0.210. The zero-order valence-electron chi connectivity index (χ0n) is 11.8. The van der Waals surface area contributed by atoms with E-state index in [9.17, 15) is 13.2 Å². The van der Waals surface area contributed by atoms with Gasteiger partial charge < -0.3 is 9.73 Å². The van der Waals surface area contributed by atoms with Crippen molar-refractivity contribution in [1.29, 1.82) is 0 Å². The highest BCUT2D eigenvalue weighted by Gasteiger charge is 2.20. The van der Waals surface area contributed by atoms with E-state index < -0.39 is 15.9 Å². The van der Waals surface area contributed by atoms with Crippen LogP contribution in [0, 0.1) is 0 Å². The number of rotatable bonds is 6. The van der Waals surface area contributed by atoms with Crippen LogP contribution in [0.1, 0.15) is 5.76 Å². The molecule has 1 N–H and O–H groups in total. The summed E-state index contributed by atoms with van der Waals surface area (Å²) in [5.41, 5.74) is 0.421. The Morgan fingerprint density at radius 2 is 2.09 bits per heavy atom. The van der Waals surface area contributed by atoms with Gasteiger partial charge in [0.25, 0.3) is 0 Å². The first-order valence-electron chi connectivity index (χ1n) is 6.38. The quantitative estimate of drug-likeness (QED) is 0.824. The Morgan fingerprint density at radius 3 is 2.68 bits per heavy atom. The molecule has 1 heterocycles. The van der Waals surface area contributed by atoms with Crippen LogP contribution in [0.2, 0.25) is 0 Å². The Hall–Kier alpha value is -1.80. The SMILES string of the molecule is CS(=O)(=O)N(CC(=O)NCc1ccco1)c1cccc(Br)c1. The molecule has 1 aromatic heterocycles. The summed E-state index contributed by atoms with van der Waals surface area (Å²) in [6.07, 6.45) is 2.57. The van der Waals surface area contributed by atoms with Gasteiger partial charge in [0.05, 0.1) is 24.8 Å². The molecule has 2 aromatic rings. The number of halogens is 1. The summed E-state index contributed by atoms with van der Waals surface area (Å²) in [5, 5.41) is 2.62. The van der Waals surface area contributed by atoms with Gasteiger partial charge >= 0.3 is 0 Å². The summed E-state index contributed by atoms with van der Waals surface area (Å²) in [5.74, 6) is 0.184. The van der Waals surface area contributed by atoms with Crippen molar-refractivity contribution < 1.29 is 17.6 Å². The molecule has 22 heavy (non-hydrogen) atoms. The molecule has 0 saturated carbocycles. The lowest BCUT2D eigenvalue weighted by molar-refractivity contribution is -0.119. The number of carbonyl (C=O) groups is 1. The van der Waals surface area contributed by atoms with E-state index in [2.05, 4.69) is 21.2 Å². The molecule has 0 unspecified atom stereocenters. The zero-order chi connectivity index (χ0) is 16.2. The van der Waals surface area contributed by atoms with Crippen molar-refractivity contribution in [1.82, 2.24) is 5.32 Å². The normalized spacial score (nSPS) is 11.2. The van der Waals surface area contributed by atoms with E-state index in [1.807, 2.05) is 0 Å². The fourth-order valence-corrected chi connectivity index (χ4v) is 3.05. The van der Waals surface area contributed by atoms with Crippen molar-refractivity contribution >= 4 is 37.5 Å². The highest BCUT2D eigenvalue weighted by Crippen LogP contribution is 2.21. The highest BCUT2D eigenvalue weighted by atomic mass is 79.9. The van der Waals surface area contributed by atoms with E-state index in [4.69, 9.17) is 4.42 Å². The highest BCUT2D eigenvalue weighted by molar-refractivity contribution is 9.10. The number of sulfonamides is 1. The molecule has 0 aliphatic carbocycles. The average molecular weight is 387 g/mol. The number of benzene rings is 1. The van der Waals surface area contributed by atoms with Crippen LogP contribution in [0.5, 0.6) is 0 Å². The second-order valence-corrected chi connectivity index (χ2v) is 7.43. The molecule has 0 fully saturated rings. The fraction of sp³-hybridized carbons (Fsp3) is 0.214. The van der Waals surface area contributed by atoms with Crippen LogP contribution in [0.25, 0.3) is 0 Å². The van der Waals surface area contributed by atoms with Crippen LogP contribution < -0.4 is 9.62 Å². The van der Waals surface area contributed by atoms with Gasteiger partial charge in [0.15, 0.2) is 0 Å². The van der Waals surface area contributed by atoms with Gasteiger partial charge in [0.2, 0.25) is 15.9 Å². The number of hydrogen-bond acceptors (Lipinski definition) is 4. The van der Waals surface area contributed by atoms with E-state index >= 15 is 0 Å². The van der Waals surface area contributed by atoms with Gasteiger partial charge in [0, 0.05) is 4.47 Å². The molecule has 2 rings (SSSR count). The molecule has 118 valence electrons. The molecule has 1 aromatic carbocycles. The maximum atomic E-state index is 12.0. The zero-order valence-corrected chi connectivity index (χ0v) is 14.2. The van der Waals surface area contributed by atoms with Gasteiger partial charge in [0.1, 0.15) is 12.3 Å². The molecule has 6 nitrogen and oxygen atoms in total. The van der Waals surface area contributed by atoms with Crippen molar-refractivity contribution in [3.63, 3.8) is 0 Å². The van der Waals surface area contributed by atoms with E-state index in [0.717, 1.165) is 15.0 Å². The molecular formula is C14H15BrN2O4S. The minimum Gasteiger partial charge on any atom is -0.467 e. The van der Waals surface area contributed by atoms with Crippen molar-refractivity contribution in [3.8, 4) is 0 Å². The van der Waals surface area contributed by atoms with Crippen molar-refractivity contribution in [3.05, 3.63) is 52.9 Å². The molecule has 0 radical (unpaired) electrons. The number of anilines is 1. The molecule has 0 saturated heterocycles. The topological polar surface area (TPSA) is 79.6 Å². The fourth-order valence-electron chi connectivity index (χ4n) is 1.82. The van der Waals surface area contributed by atoms with Crippen LogP contribution in [0.15, 0.2) is 51.6 Å². The van der Waals surface area contributed by atoms with Crippen LogP contribution in [-0.4, -0.2) is 27.1 Å². The lowest BCUT2D eigenvalue weighted by Gasteiger charge is -2.22. The number of furan rings is 1. The van der Waals surface area contributed by atoms with Gasteiger partial charge in [-0.3, -0.25) is 9.10 Å². The standard InChI is InChI=1S/C14H15BrN2O4S/c1-22(19,20)17(12-5-2-4-11(15)8-12)10-14(18)16-9-13-6-3-7-21-13/h2-8H,9-10H2,1H3,(H,16,18). The maximum Gasteiger partial charge on any atom is 0.241 e. The average Bonchev–Trinajstić information content (AvgIpc) is 2.94. The first kappa shape index (κ1) is 16.6. The van der Waals surface area contributed by atoms with Crippen LogP contribution in [0.4, 0.5) is 5.69 Å². The summed E-state index contributed by atoms with van der Waals surface area (Å²) in [6, 6.07) is 10.2. The van der Waals surface area contributed by atoms with Gasteiger partial charge in [-0.05, 0) is 30.3 Å². The van der Waals surface area contributed by atoms with Gasteiger partial charge in [-0.25, -0.2) is 8.42 Å². The van der Waals surface area contributed by atoms with Crippen LogP contribution in [-0.2, 0) is 21.4 Å². The third kappa shape index (κ3) is 4.60. The number of carbonyl (C=O) groups excluding carboxylic acids is 1. The summed E-state index contributed by atoms with van der Waals surface area (Å²) in [6.45, 7) is -0.0854. The first-order chi connectivity index (χ1) is 10.4. The van der Waals surface area contributed by atoms with E-state index in [1.165, 1.54) is 6.26 Å². The predicted molar refractivity (Wildman–Crippen MR) is 86.9 cm³/mol. The summed E-state index contributed by atoms with van der Waals surface area (Å²) < 4.78 is 30.7. The van der Waals surface area contributed by atoms with E-state index in [1.54, 1.807) is 36.4 Å². The minimum atomic E-state index is -3.57. The number of nitrogens with zero attached hydrogens (tertiary/aromatic N) is 1. The molecular weight excluding hydrogens is 372 g/mol. The number of hydrogen-bond donors (Lipinski definition) is 1. The molecule has 0 atom stereocenters. The van der Waals surface area contributed by atoms with Crippen LogP contribution in [0.3, 0.4) is 0 Å². The molecule has 0 aliphatic heterocycles. The lowest BCUT2D eigenvalue weighted by atomic mass is 10.3. The van der Waals surface area contributed by atoms with E-state index in [-0.39, 0.29) is 13.1 Å². The van der Waals surface area contributed by atoms with Crippen molar-refractivity contribution in [2.45, 2.75) is 6.54 Å². The summed E-state index contributed by atoms with van der Waals surface area (Å²) in [4.78, 5) is 12.0. The second-order valence-electron chi connectivity index (χ2n) is 4.61. The molecule has 8 heteroatoms. The Labute approximate surface area is 137 Å². The van der Waals surface area contributed by atoms with Gasteiger partial charge in [-0.2, -0.15) is 0 Å². The van der Waals surface area contributed by atoms with Crippen molar-refractivity contribution in [2.75, 3.05) is 17.1 Å². The molecule has 1 amide bonds. The maximum absolute atomic E-state index is 12.0. The van der Waals surface area contributed by atoms with E-state index in [0.29, 0.717) is 11.4 Å². The Morgan fingerprint density at radius 1 is 1.32 bits per heavy atom. The van der Waals surface area contributed by atoms with Gasteiger partial charge in [-0.1, -0.05) is 22.0 Å². The summed E-state index contributed by atoms with van der Waals surface area (Å²) >= 11 is 3.29. The first-order valence-corrected chi connectivity index (χ1v) is 9.03.